The smallest absolute Gasteiger partial charge is 0.264 e. The van der Waals surface area contributed by atoms with Crippen molar-refractivity contribution in [2.24, 2.45) is 4.99 Å². The van der Waals surface area contributed by atoms with E-state index in [2.05, 4.69) is 45.2 Å². The first kappa shape index (κ1) is 18.5. The molecule has 0 spiro atoms. The number of hydrogen-bond acceptors (Lipinski definition) is 3. The molecule has 1 aromatic heterocycles. The van der Waals surface area contributed by atoms with Crippen LogP contribution in [0.2, 0.25) is 0 Å². The van der Waals surface area contributed by atoms with Crippen LogP contribution in [0.25, 0.3) is 22.5 Å². The fourth-order valence-corrected chi connectivity index (χ4v) is 4.25. The fourth-order valence-electron chi connectivity index (χ4n) is 3.42. The van der Waals surface area contributed by atoms with Gasteiger partial charge in [0.05, 0.1) is 10.6 Å². The van der Waals surface area contributed by atoms with Gasteiger partial charge in [-0.05, 0) is 71.9 Å². The van der Waals surface area contributed by atoms with E-state index in [4.69, 9.17) is 0 Å². The molecule has 5 rings (SSSR count). The Morgan fingerprint density at radius 1 is 0.933 bits per heavy atom. The van der Waals surface area contributed by atoms with E-state index in [9.17, 15) is 4.79 Å². The van der Waals surface area contributed by atoms with E-state index in [-0.39, 0.29) is 5.91 Å². The molecule has 0 bridgehead atoms. The highest BCUT2D eigenvalue weighted by molar-refractivity contribution is 8.18. The second kappa shape index (κ2) is 7.69. The minimum atomic E-state index is -0.128. The first-order chi connectivity index (χ1) is 14.7. The molecular weight excluding hydrogens is 390 g/mol. The van der Waals surface area contributed by atoms with Gasteiger partial charge in [-0.3, -0.25) is 4.79 Å². The van der Waals surface area contributed by atoms with Gasteiger partial charge in [-0.2, -0.15) is 0 Å². The third-order valence-electron chi connectivity index (χ3n) is 4.99. The lowest BCUT2D eigenvalue weighted by Gasteiger charge is -2.08. The second-order valence-corrected chi connectivity index (χ2v) is 8.18. The van der Waals surface area contributed by atoms with Crippen LogP contribution in [0.4, 0.5) is 5.69 Å². The van der Waals surface area contributed by atoms with Gasteiger partial charge in [0.2, 0.25) is 0 Å². The summed E-state index contributed by atoms with van der Waals surface area (Å²) >= 11 is 1.36. The summed E-state index contributed by atoms with van der Waals surface area (Å²) in [5, 5.41) is 5.84. The second-order valence-electron chi connectivity index (χ2n) is 7.15. The van der Waals surface area contributed by atoms with Gasteiger partial charge in [-0.1, -0.05) is 48.0 Å². The number of amides is 1. The van der Waals surface area contributed by atoms with E-state index in [1.54, 1.807) is 0 Å². The molecule has 2 heterocycles. The van der Waals surface area contributed by atoms with E-state index in [0.29, 0.717) is 10.1 Å². The highest BCUT2D eigenvalue weighted by Crippen LogP contribution is 2.29. The molecular formula is C25H19N3OS. The fraction of sp³-hybridized carbons (Fsp3) is 0.0400. The molecule has 1 N–H and O–H groups in total. The molecule has 1 aliphatic rings. The van der Waals surface area contributed by atoms with E-state index >= 15 is 0 Å². The van der Waals surface area contributed by atoms with Crippen LogP contribution in [0.5, 0.6) is 0 Å². The van der Waals surface area contributed by atoms with Crippen LogP contribution in [-0.2, 0) is 4.79 Å². The molecule has 3 aromatic carbocycles. The zero-order chi connectivity index (χ0) is 20.5. The lowest BCUT2D eigenvalue weighted by molar-refractivity contribution is -0.115. The summed E-state index contributed by atoms with van der Waals surface area (Å²) in [6.45, 7) is 2.04. The van der Waals surface area contributed by atoms with Crippen molar-refractivity contribution in [3.05, 3.63) is 101 Å². The molecule has 1 fully saturated rings. The largest absolute Gasteiger partial charge is 0.317 e. The number of aryl methyl sites for hydroxylation is 1. The Balaban J connectivity index is 1.45. The summed E-state index contributed by atoms with van der Waals surface area (Å²) in [6.07, 6.45) is 3.92. The summed E-state index contributed by atoms with van der Waals surface area (Å²) in [6, 6.07) is 26.6. The minimum Gasteiger partial charge on any atom is -0.317 e. The molecule has 1 aliphatic heterocycles. The Hall–Kier alpha value is -3.57. The molecule has 1 amide bonds. The predicted molar refractivity (Wildman–Crippen MR) is 125 cm³/mol. The van der Waals surface area contributed by atoms with Crippen molar-refractivity contribution in [1.82, 2.24) is 9.88 Å². The van der Waals surface area contributed by atoms with Gasteiger partial charge < -0.3 is 9.88 Å². The molecule has 5 heteroatoms. The van der Waals surface area contributed by atoms with Crippen LogP contribution in [-0.4, -0.2) is 15.6 Å². The van der Waals surface area contributed by atoms with Crippen molar-refractivity contribution in [3.8, 4) is 5.69 Å². The average Bonchev–Trinajstić information content (AvgIpc) is 3.36. The quantitative estimate of drug-likeness (QED) is 0.433. The van der Waals surface area contributed by atoms with Crippen molar-refractivity contribution in [2.75, 3.05) is 0 Å². The molecule has 30 heavy (non-hydrogen) atoms. The van der Waals surface area contributed by atoms with Crippen molar-refractivity contribution in [3.63, 3.8) is 0 Å². The lowest BCUT2D eigenvalue weighted by atomic mass is 10.1. The van der Waals surface area contributed by atoms with E-state index in [1.165, 1.54) is 28.1 Å². The number of amidine groups is 1. The number of nitrogens with one attached hydrogen (secondary N) is 1. The maximum absolute atomic E-state index is 12.5. The Labute approximate surface area is 179 Å². The molecule has 0 unspecified atom stereocenters. The number of carbonyl (C=O) groups is 1. The Morgan fingerprint density at radius 2 is 1.73 bits per heavy atom. The number of aliphatic imine (C=N–C) groups is 1. The van der Waals surface area contributed by atoms with Crippen LogP contribution < -0.4 is 5.32 Å². The number of carbonyl (C=O) groups excluding carboxylic acids is 1. The number of benzene rings is 3. The van der Waals surface area contributed by atoms with E-state index in [0.717, 1.165) is 17.1 Å². The van der Waals surface area contributed by atoms with E-state index in [1.807, 2.05) is 67.7 Å². The zero-order valence-electron chi connectivity index (χ0n) is 16.4. The maximum Gasteiger partial charge on any atom is 0.264 e. The van der Waals surface area contributed by atoms with Crippen molar-refractivity contribution < 1.29 is 4.79 Å². The number of fused-ring (bicyclic) bond motifs is 1. The molecule has 0 radical (unpaired) electrons. The molecule has 146 valence electrons. The van der Waals surface area contributed by atoms with Crippen LogP contribution in [0, 0.1) is 6.92 Å². The van der Waals surface area contributed by atoms with Gasteiger partial charge >= 0.3 is 0 Å². The first-order valence-corrected chi connectivity index (χ1v) is 10.5. The number of hydrogen-bond donors (Lipinski definition) is 1. The van der Waals surface area contributed by atoms with Crippen molar-refractivity contribution >= 4 is 45.4 Å². The number of nitrogens with zero attached hydrogens (tertiary/aromatic N) is 2. The summed E-state index contributed by atoms with van der Waals surface area (Å²) < 4.78 is 2.09. The Bertz CT molecular complexity index is 1320. The standard InChI is InChI=1S/C25H19N3OS/c1-17-8-11-20(12-9-17)26-25-27-24(29)23(30-25)16-21-7-4-14-28(21)22-13-10-18-5-2-3-6-19(18)15-22/h2-16H,1H3,(H,26,27,29)/b23-16-. The summed E-state index contributed by atoms with van der Waals surface area (Å²) in [4.78, 5) is 17.7. The number of aromatic nitrogens is 1. The normalized spacial score (nSPS) is 16.5. The first-order valence-electron chi connectivity index (χ1n) is 9.68. The zero-order valence-corrected chi connectivity index (χ0v) is 17.2. The highest BCUT2D eigenvalue weighted by Gasteiger charge is 2.24. The van der Waals surface area contributed by atoms with Gasteiger partial charge in [-0.25, -0.2) is 4.99 Å². The third-order valence-corrected chi connectivity index (χ3v) is 5.90. The van der Waals surface area contributed by atoms with Crippen LogP contribution >= 0.6 is 11.8 Å². The van der Waals surface area contributed by atoms with E-state index < -0.39 is 0 Å². The molecule has 0 aliphatic carbocycles. The average molecular weight is 410 g/mol. The highest BCUT2D eigenvalue weighted by atomic mass is 32.2. The molecule has 0 saturated carbocycles. The van der Waals surface area contributed by atoms with Crippen molar-refractivity contribution in [1.29, 1.82) is 0 Å². The molecule has 0 atom stereocenters. The van der Waals surface area contributed by atoms with Crippen LogP contribution in [0.15, 0.2) is 95.0 Å². The van der Waals surface area contributed by atoms with Crippen LogP contribution in [0.1, 0.15) is 11.3 Å². The van der Waals surface area contributed by atoms with Gasteiger partial charge in [0.1, 0.15) is 0 Å². The number of thioether (sulfide) groups is 1. The van der Waals surface area contributed by atoms with Crippen LogP contribution in [0.3, 0.4) is 0 Å². The SMILES string of the molecule is Cc1ccc(N=C2NC(=O)/C(=C/c3cccn3-c3ccc4ccccc4c3)S2)cc1. The van der Waals surface area contributed by atoms with Gasteiger partial charge in [0.25, 0.3) is 5.91 Å². The molecule has 4 nitrogen and oxygen atoms in total. The van der Waals surface area contributed by atoms with Gasteiger partial charge in [0, 0.05) is 17.6 Å². The summed E-state index contributed by atoms with van der Waals surface area (Å²) in [7, 11) is 0. The molecule has 4 aromatic rings. The third kappa shape index (κ3) is 3.67. The monoisotopic (exact) mass is 409 g/mol. The number of rotatable bonds is 3. The van der Waals surface area contributed by atoms with Gasteiger partial charge in [0.15, 0.2) is 5.17 Å². The Kier molecular flexibility index (Phi) is 4.73. The lowest BCUT2D eigenvalue weighted by Crippen LogP contribution is -2.19. The minimum absolute atomic E-state index is 0.128. The maximum atomic E-state index is 12.5. The van der Waals surface area contributed by atoms with Gasteiger partial charge in [-0.15, -0.1) is 0 Å². The molecule has 1 saturated heterocycles. The summed E-state index contributed by atoms with van der Waals surface area (Å²) in [5.74, 6) is -0.128. The topological polar surface area (TPSA) is 46.4 Å². The summed E-state index contributed by atoms with van der Waals surface area (Å²) in [5.41, 5.74) is 4.00. The predicted octanol–water partition coefficient (Wildman–Crippen LogP) is 5.83. The van der Waals surface area contributed by atoms with Crippen molar-refractivity contribution in [2.45, 2.75) is 6.92 Å². The Morgan fingerprint density at radius 3 is 2.57 bits per heavy atom.